The summed E-state index contributed by atoms with van der Waals surface area (Å²) in [5.74, 6) is 1.14. The maximum Gasteiger partial charge on any atom is 0.323 e. The van der Waals surface area contributed by atoms with E-state index in [2.05, 4.69) is 32.5 Å². The number of hydrogen-bond acceptors (Lipinski definition) is 6. The van der Waals surface area contributed by atoms with Crippen LogP contribution < -0.4 is 15.4 Å². The Hall–Kier alpha value is -1.59. The van der Waals surface area contributed by atoms with Crippen molar-refractivity contribution >= 4 is 11.9 Å². The molecule has 1 heterocycles. The molecule has 0 unspecified atom stereocenters. The van der Waals surface area contributed by atoms with Crippen molar-refractivity contribution in [3.8, 4) is 6.01 Å². The van der Waals surface area contributed by atoms with Gasteiger partial charge in [0.2, 0.25) is 11.9 Å². The fourth-order valence-electron chi connectivity index (χ4n) is 1.55. The second-order valence-corrected chi connectivity index (χ2v) is 4.89. The van der Waals surface area contributed by atoms with Gasteiger partial charge < -0.3 is 15.4 Å². The summed E-state index contributed by atoms with van der Waals surface area (Å²) in [6.45, 7) is 8.39. The van der Waals surface area contributed by atoms with E-state index in [1.807, 2.05) is 13.8 Å². The summed E-state index contributed by atoms with van der Waals surface area (Å²) in [6.07, 6.45) is 2.53. The lowest BCUT2D eigenvalue weighted by atomic mass is 10.1. The molecule has 6 nitrogen and oxygen atoms in total. The number of ether oxygens (including phenoxy) is 1. The van der Waals surface area contributed by atoms with E-state index < -0.39 is 0 Å². The number of anilines is 2. The highest BCUT2D eigenvalue weighted by molar-refractivity contribution is 5.36. The van der Waals surface area contributed by atoms with Crippen molar-refractivity contribution in [3.63, 3.8) is 0 Å². The Balaban J connectivity index is 2.06. The van der Waals surface area contributed by atoms with Crippen molar-refractivity contribution in [1.82, 2.24) is 15.0 Å². The van der Waals surface area contributed by atoms with Gasteiger partial charge in [-0.3, -0.25) is 0 Å². The van der Waals surface area contributed by atoms with Crippen LogP contribution in [0.25, 0.3) is 0 Å². The molecular formula is C12H21N5O. The molecule has 0 aromatic carbocycles. The first-order valence-electron chi connectivity index (χ1n) is 6.52. The quantitative estimate of drug-likeness (QED) is 0.771. The van der Waals surface area contributed by atoms with E-state index in [0.29, 0.717) is 29.9 Å². The summed E-state index contributed by atoms with van der Waals surface area (Å²) in [4.78, 5) is 12.7. The zero-order valence-electron chi connectivity index (χ0n) is 11.3. The highest BCUT2D eigenvalue weighted by Crippen LogP contribution is 2.44. The maximum atomic E-state index is 5.34. The SMILES string of the molecule is CCNc1nc(NCC2(C)CC2)nc(OCC)n1. The molecule has 1 aliphatic carbocycles. The summed E-state index contributed by atoms with van der Waals surface area (Å²) in [5.41, 5.74) is 0.413. The van der Waals surface area contributed by atoms with Gasteiger partial charge in [-0.25, -0.2) is 0 Å². The molecule has 0 amide bonds. The van der Waals surface area contributed by atoms with Gasteiger partial charge in [0.05, 0.1) is 6.61 Å². The normalized spacial score (nSPS) is 16.2. The minimum atomic E-state index is 0.368. The van der Waals surface area contributed by atoms with Crippen LogP contribution in [0.1, 0.15) is 33.6 Å². The summed E-state index contributed by atoms with van der Waals surface area (Å²) in [6, 6.07) is 0.368. The molecule has 1 aromatic rings. The minimum Gasteiger partial charge on any atom is -0.464 e. The van der Waals surface area contributed by atoms with Gasteiger partial charge in [0.1, 0.15) is 0 Å². The lowest BCUT2D eigenvalue weighted by Crippen LogP contribution is -2.16. The first-order valence-corrected chi connectivity index (χ1v) is 6.52. The van der Waals surface area contributed by atoms with Gasteiger partial charge in [-0.15, -0.1) is 0 Å². The van der Waals surface area contributed by atoms with Crippen LogP contribution >= 0.6 is 0 Å². The average Bonchev–Trinajstić information content (AvgIpc) is 3.06. The van der Waals surface area contributed by atoms with Gasteiger partial charge >= 0.3 is 6.01 Å². The number of rotatable bonds is 7. The van der Waals surface area contributed by atoms with E-state index in [4.69, 9.17) is 4.74 Å². The van der Waals surface area contributed by atoms with Crippen molar-refractivity contribution in [2.75, 3.05) is 30.3 Å². The van der Waals surface area contributed by atoms with Crippen molar-refractivity contribution in [2.24, 2.45) is 5.41 Å². The van der Waals surface area contributed by atoms with Crippen molar-refractivity contribution in [2.45, 2.75) is 33.6 Å². The zero-order valence-corrected chi connectivity index (χ0v) is 11.3. The van der Waals surface area contributed by atoms with Gasteiger partial charge in [-0.05, 0) is 32.1 Å². The molecular weight excluding hydrogens is 230 g/mol. The van der Waals surface area contributed by atoms with Crippen LogP contribution in [0.4, 0.5) is 11.9 Å². The largest absolute Gasteiger partial charge is 0.464 e. The molecule has 0 spiro atoms. The number of hydrogen-bond donors (Lipinski definition) is 2. The van der Waals surface area contributed by atoms with Gasteiger partial charge in [0.15, 0.2) is 0 Å². The molecule has 18 heavy (non-hydrogen) atoms. The Labute approximate surface area is 108 Å². The minimum absolute atomic E-state index is 0.368. The van der Waals surface area contributed by atoms with Crippen molar-refractivity contribution in [1.29, 1.82) is 0 Å². The third-order valence-corrected chi connectivity index (χ3v) is 3.00. The Bertz CT molecular complexity index is 381. The predicted octanol–water partition coefficient (Wildman–Crippen LogP) is 1.91. The van der Waals surface area contributed by atoms with Crippen LogP contribution in [0.5, 0.6) is 6.01 Å². The number of nitrogens with zero attached hydrogens (tertiary/aromatic N) is 3. The van der Waals surface area contributed by atoms with Gasteiger partial charge in [0.25, 0.3) is 0 Å². The molecule has 0 saturated heterocycles. The molecule has 1 aliphatic rings. The Morgan fingerprint density at radius 1 is 1.11 bits per heavy atom. The second kappa shape index (κ2) is 5.37. The Kier molecular flexibility index (Phi) is 3.84. The first kappa shape index (κ1) is 12.9. The third-order valence-electron chi connectivity index (χ3n) is 3.00. The highest BCUT2D eigenvalue weighted by atomic mass is 16.5. The zero-order chi connectivity index (χ0) is 13.0. The smallest absolute Gasteiger partial charge is 0.323 e. The average molecular weight is 251 g/mol. The predicted molar refractivity (Wildman–Crippen MR) is 71.0 cm³/mol. The standard InChI is InChI=1S/C12H21N5O/c1-4-13-9-15-10(14-8-12(3)6-7-12)17-11(16-9)18-5-2/h4-8H2,1-3H3,(H2,13,14,15,16,17). The van der Waals surface area contributed by atoms with E-state index in [-0.39, 0.29) is 0 Å². The molecule has 2 rings (SSSR count). The lowest BCUT2D eigenvalue weighted by molar-refractivity contribution is 0.312. The molecule has 0 aliphatic heterocycles. The summed E-state index contributed by atoms with van der Waals surface area (Å²) in [7, 11) is 0. The van der Waals surface area contributed by atoms with E-state index >= 15 is 0 Å². The van der Waals surface area contributed by atoms with Crippen LogP contribution in [-0.2, 0) is 0 Å². The van der Waals surface area contributed by atoms with Crippen molar-refractivity contribution < 1.29 is 4.74 Å². The van der Waals surface area contributed by atoms with E-state index in [1.165, 1.54) is 12.8 Å². The molecule has 1 saturated carbocycles. The first-order chi connectivity index (χ1) is 8.65. The molecule has 1 aromatic heterocycles. The van der Waals surface area contributed by atoms with E-state index in [9.17, 15) is 0 Å². The Morgan fingerprint density at radius 3 is 2.33 bits per heavy atom. The molecule has 6 heteroatoms. The maximum absolute atomic E-state index is 5.34. The van der Waals surface area contributed by atoms with E-state index in [0.717, 1.165) is 13.1 Å². The third kappa shape index (κ3) is 3.45. The molecule has 0 atom stereocenters. The summed E-state index contributed by atoms with van der Waals surface area (Å²) >= 11 is 0. The van der Waals surface area contributed by atoms with Crippen LogP contribution in [0.15, 0.2) is 0 Å². The molecule has 1 fully saturated rings. The van der Waals surface area contributed by atoms with Crippen LogP contribution in [-0.4, -0.2) is 34.6 Å². The fraction of sp³-hybridized carbons (Fsp3) is 0.750. The Morgan fingerprint density at radius 2 is 1.78 bits per heavy atom. The van der Waals surface area contributed by atoms with Crippen LogP contribution in [0, 0.1) is 5.41 Å². The summed E-state index contributed by atoms with van der Waals surface area (Å²) in [5, 5.41) is 6.34. The van der Waals surface area contributed by atoms with Gasteiger partial charge in [-0.1, -0.05) is 6.92 Å². The fourth-order valence-corrected chi connectivity index (χ4v) is 1.55. The van der Waals surface area contributed by atoms with E-state index in [1.54, 1.807) is 0 Å². The highest BCUT2D eigenvalue weighted by Gasteiger charge is 2.37. The molecule has 2 N–H and O–H groups in total. The van der Waals surface area contributed by atoms with Gasteiger partial charge in [-0.2, -0.15) is 15.0 Å². The second-order valence-electron chi connectivity index (χ2n) is 4.89. The summed E-state index contributed by atoms with van der Waals surface area (Å²) < 4.78 is 5.34. The monoisotopic (exact) mass is 251 g/mol. The molecule has 0 bridgehead atoms. The lowest BCUT2D eigenvalue weighted by Gasteiger charge is -2.12. The van der Waals surface area contributed by atoms with Crippen LogP contribution in [0.2, 0.25) is 0 Å². The number of nitrogens with one attached hydrogen (secondary N) is 2. The van der Waals surface area contributed by atoms with Gasteiger partial charge in [0, 0.05) is 13.1 Å². The van der Waals surface area contributed by atoms with Crippen molar-refractivity contribution in [3.05, 3.63) is 0 Å². The van der Waals surface area contributed by atoms with Crippen LogP contribution in [0.3, 0.4) is 0 Å². The number of aromatic nitrogens is 3. The molecule has 100 valence electrons. The molecule has 0 radical (unpaired) electrons. The topological polar surface area (TPSA) is 72.0 Å².